The van der Waals surface area contributed by atoms with E-state index in [4.69, 9.17) is 14.1 Å². The third-order valence-electron chi connectivity index (χ3n) is 2.81. The van der Waals surface area contributed by atoms with Crippen molar-refractivity contribution in [3.8, 4) is 11.5 Å². The van der Waals surface area contributed by atoms with Gasteiger partial charge < -0.3 is 14.1 Å². The summed E-state index contributed by atoms with van der Waals surface area (Å²) < 4.78 is 5.50. The van der Waals surface area contributed by atoms with E-state index < -0.39 is 0 Å². The first-order valence-electron chi connectivity index (χ1n) is 7.01. The van der Waals surface area contributed by atoms with Crippen LogP contribution in [0.5, 0.6) is 11.5 Å². The summed E-state index contributed by atoms with van der Waals surface area (Å²) in [6.45, 7) is 0. The Morgan fingerprint density at radius 3 is 1.48 bits per heavy atom. The van der Waals surface area contributed by atoms with Crippen molar-refractivity contribution in [3.05, 3.63) is 84.3 Å². The molecule has 0 saturated heterocycles. The van der Waals surface area contributed by atoms with Crippen LogP contribution in [0.25, 0.3) is 0 Å². The largest absolute Gasteiger partial charge is 0.454 e. The molecule has 5 nitrogen and oxygen atoms in total. The minimum absolute atomic E-state index is 0.557. The normalized spacial score (nSPS) is 11.1. The van der Waals surface area contributed by atoms with Crippen molar-refractivity contribution in [2.75, 3.05) is 0 Å². The van der Waals surface area contributed by atoms with Crippen LogP contribution in [0.15, 0.2) is 87.5 Å². The summed E-state index contributed by atoms with van der Waals surface area (Å²) in [7, 11) is 0. The van der Waals surface area contributed by atoms with E-state index in [1.165, 1.54) is 12.4 Å². The summed E-state index contributed by atoms with van der Waals surface area (Å²) in [5.74, 6) is 2.44. The summed E-state index contributed by atoms with van der Waals surface area (Å²) in [6.07, 6.45) is 2.98. The molecule has 0 bridgehead atoms. The van der Waals surface area contributed by atoms with Crippen molar-refractivity contribution >= 4 is 12.4 Å². The molecule has 0 radical (unpaired) electrons. The number of oxime groups is 2. The van der Waals surface area contributed by atoms with E-state index in [0.717, 1.165) is 0 Å². The van der Waals surface area contributed by atoms with E-state index in [1.54, 1.807) is 12.1 Å². The minimum atomic E-state index is 0.557. The highest BCUT2D eigenvalue weighted by Crippen LogP contribution is 2.10. The number of nitrogens with zero attached hydrogens (tertiary/aromatic N) is 2. The molecule has 0 N–H and O–H groups in total. The summed E-state index contributed by atoms with van der Waals surface area (Å²) in [5.41, 5.74) is 0. The molecule has 0 aliphatic carbocycles. The van der Waals surface area contributed by atoms with Gasteiger partial charge in [-0.15, -0.1) is 0 Å². The molecule has 0 unspecified atom stereocenters. The Kier molecular flexibility index (Phi) is 4.83. The van der Waals surface area contributed by atoms with Crippen LogP contribution in [0.3, 0.4) is 0 Å². The molecular formula is C18H14N2O3. The monoisotopic (exact) mass is 306 g/mol. The van der Waals surface area contributed by atoms with Crippen LogP contribution in [0.1, 0.15) is 11.5 Å². The topological polar surface area (TPSA) is 56.3 Å². The van der Waals surface area contributed by atoms with Crippen LogP contribution in [0.2, 0.25) is 0 Å². The molecule has 3 aromatic rings. The molecule has 3 rings (SSSR count). The highest BCUT2D eigenvalue weighted by Gasteiger charge is 1.98. The Hall–Kier alpha value is -3.34. The molecule has 0 fully saturated rings. The van der Waals surface area contributed by atoms with Crippen molar-refractivity contribution in [1.29, 1.82) is 0 Å². The molecule has 23 heavy (non-hydrogen) atoms. The average Bonchev–Trinajstić information content (AvgIpc) is 3.05. The standard InChI is InChI=1S/C18H14N2O3/c1-3-7-15(8-4-1)22-19-13-17-11-12-18(21-17)14-20-23-16-9-5-2-6-10-16/h1-14H/b19-13-,20-14?. The maximum absolute atomic E-state index is 5.50. The predicted octanol–water partition coefficient (Wildman–Crippen LogP) is 4.11. The lowest BCUT2D eigenvalue weighted by atomic mass is 10.3. The van der Waals surface area contributed by atoms with E-state index in [-0.39, 0.29) is 0 Å². The molecule has 114 valence electrons. The number of benzene rings is 2. The van der Waals surface area contributed by atoms with Gasteiger partial charge in [0.15, 0.2) is 11.5 Å². The lowest BCUT2D eigenvalue weighted by molar-refractivity contribution is 0.341. The number of hydrogen-bond donors (Lipinski definition) is 0. The van der Waals surface area contributed by atoms with E-state index in [0.29, 0.717) is 23.0 Å². The van der Waals surface area contributed by atoms with Gasteiger partial charge in [-0.05, 0) is 36.4 Å². The van der Waals surface area contributed by atoms with Gasteiger partial charge in [0.05, 0.1) is 0 Å². The van der Waals surface area contributed by atoms with Gasteiger partial charge in [0.25, 0.3) is 0 Å². The fraction of sp³-hybridized carbons (Fsp3) is 0. The smallest absolute Gasteiger partial charge is 0.157 e. The highest BCUT2D eigenvalue weighted by atomic mass is 16.6. The molecule has 2 aromatic carbocycles. The predicted molar refractivity (Wildman–Crippen MR) is 88.0 cm³/mol. The molecule has 1 heterocycles. The average molecular weight is 306 g/mol. The van der Waals surface area contributed by atoms with E-state index in [1.807, 2.05) is 60.7 Å². The highest BCUT2D eigenvalue weighted by molar-refractivity contribution is 5.80. The number of rotatable bonds is 6. The number of furan rings is 1. The number of hydrogen-bond acceptors (Lipinski definition) is 5. The van der Waals surface area contributed by atoms with Crippen molar-refractivity contribution in [2.24, 2.45) is 10.3 Å². The molecule has 0 amide bonds. The van der Waals surface area contributed by atoms with E-state index in [9.17, 15) is 0 Å². The van der Waals surface area contributed by atoms with Crippen LogP contribution >= 0.6 is 0 Å². The van der Waals surface area contributed by atoms with E-state index >= 15 is 0 Å². The molecule has 0 atom stereocenters. The third-order valence-corrected chi connectivity index (χ3v) is 2.81. The van der Waals surface area contributed by atoms with Crippen molar-refractivity contribution in [3.63, 3.8) is 0 Å². The van der Waals surface area contributed by atoms with Crippen LogP contribution in [-0.4, -0.2) is 12.4 Å². The Morgan fingerprint density at radius 2 is 1.04 bits per heavy atom. The van der Waals surface area contributed by atoms with Crippen LogP contribution in [0, 0.1) is 0 Å². The fourth-order valence-corrected chi connectivity index (χ4v) is 1.75. The van der Waals surface area contributed by atoms with Gasteiger partial charge in [-0.3, -0.25) is 0 Å². The fourth-order valence-electron chi connectivity index (χ4n) is 1.75. The summed E-state index contributed by atoms with van der Waals surface area (Å²) >= 11 is 0. The summed E-state index contributed by atoms with van der Waals surface area (Å²) in [6, 6.07) is 22.1. The second-order valence-corrected chi connectivity index (χ2v) is 4.52. The van der Waals surface area contributed by atoms with Crippen molar-refractivity contribution < 1.29 is 14.1 Å². The molecule has 0 spiro atoms. The van der Waals surface area contributed by atoms with E-state index in [2.05, 4.69) is 10.3 Å². The summed E-state index contributed by atoms with van der Waals surface area (Å²) in [5, 5.41) is 7.72. The first kappa shape index (κ1) is 14.6. The third kappa shape index (κ3) is 4.57. The van der Waals surface area contributed by atoms with Crippen LogP contribution < -0.4 is 9.68 Å². The number of para-hydroxylation sites is 2. The zero-order valence-corrected chi connectivity index (χ0v) is 12.2. The van der Waals surface area contributed by atoms with Crippen LogP contribution in [-0.2, 0) is 0 Å². The minimum Gasteiger partial charge on any atom is -0.454 e. The van der Waals surface area contributed by atoms with Crippen molar-refractivity contribution in [1.82, 2.24) is 0 Å². The first-order valence-corrected chi connectivity index (χ1v) is 7.01. The lowest BCUT2D eigenvalue weighted by Gasteiger charge is -1.95. The van der Waals surface area contributed by atoms with Gasteiger partial charge in [-0.2, -0.15) is 0 Å². The quantitative estimate of drug-likeness (QED) is 0.509. The van der Waals surface area contributed by atoms with Gasteiger partial charge >= 0.3 is 0 Å². The molecular weight excluding hydrogens is 292 g/mol. The first-order chi connectivity index (χ1) is 11.4. The second kappa shape index (κ2) is 7.61. The Bertz CT molecular complexity index is 714. The van der Waals surface area contributed by atoms with Crippen LogP contribution in [0.4, 0.5) is 0 Å². The SMILES string of the molecule is C(=NOc1ccccc1)c1ccc(/C=N\Oc2ccccc2)o1. The maximum atomic E-state index is 5.50. The van der Waals surface area contributed by atoms with Crippen molar-refractivity contribution in [2.45, 2.75) is 0 Å². The molecule has 5 heteroatoms. The second-order valence-electron chi connectivity index (χ2n) is 4.52. The Morgan fingerprint density at radius 1 is 0.609 bits per heavy atom. The maximum Gasteiger partial charge on any atom is 0.157 e. The summed E-state index contributed by atoms with van der Waals surface area (Å²) in [4.78, 5) is 10.4. The molecule has 0 aliphatic rings. The van der Waals surface area contributed by atoms with Gasteiger partial charge in [-0.1, -0.05) is 46.7 Å². The Balaban J connectivity index is 1.53. The zero-order chi connectivity index (χ0) is 15.7. The van der Waals surface area contributed by atoms with Gasteiger partial charge in [-0.25, -0.2) is 0 Å². The molecule has 0 saturated carbocycles. The van der Waals surface area contributed by atoms with Gasteiger partial charge in [0.2, 0.25) is 0 Å². The van der Waals surface area contributed by atoms with Gasteiger partial charge in [0.1, 0.15) is 23.9 Å². The van der Waals surface area contributed by atoms with Gasteiger partial charge in [0, 0.05) is 0 Å². The zero-order valence-electron chi connectivity index (χ0n) is 12.2. The molecule has 1 aromatic heterocycles. The Labute approximate surface area is 133 Å². The molecule has 0 aliphatic heterocycles. The lowest BCUT2D eigenvalue weighted by Crippen LogP contribution is -1.85.